The highest BCUT2D eigenvalue weighted by Gasteiger charge is 2.26. The molecule has 2 heterocycles. The van der Waals surface area contributed by atoms with E-state index in [1.807, 2.05) is 34.8 Å². The molecule has 0 spiro atoms. The summed E-state index contributed by atoms with van der Waals surface area (Å²) in [6.45, 7) is 6.65. The number of rotatable bonds is 6. The molecule has 3 rings (SSSR count). The van der Waals surface area contributed by atoms with Crippen molar-refractivity contribution in [1.82, 2.24) is 20.0 Å². The van der Waals surface area contributed by atoms with E-state index in [1.165, 1.54) is 16.8 Å². The van der Waals surface area contributed by atoms with Crippen molar-refractivity contribution in [2.75, 3.05) is 13.1 Å². The molecule has 1 amide bonds. The number of likely N-dealkylation sites (tertiary alicyclic amines) is 1. The van der Waals surface area contributed by atoms with Gasteiger partial charge in [0.25, 0.3) is 0 Å². The monoisotopic (exact) mass is 340 g/mol. The predicted octanol–water partition coefficient (Wildman–Crippen LogP) is 2.36. The molecule has 5 heteroatoms. The van der Waals surface area contributed by atoms with Crippen LogP contribution in [0.4, 0.5) is 0 Å². The van der Waals surface area contributed by atoms with Gasteiger partial charge in [0.1, 0.15) is 0 Å². The zero-order valence-corrected chi connectivity index (χ0v) is 15.5. The maximum atomic E-state index is 12.4. The lowest BCUT2D eigenvalue weighted by molar-refractivity contribution is -0.130. The fraction of sp³-hybridized carbons (Fsp3) is 0.500. The molecule has 0 unspecified atom stereocenters. The lowest BCUT2D eigenvalue weighted by Gasteiger charge is -2.17. The highest BCUT2D eigenvalue weighted by molar-refractivity contribution is 5.76. The second kappa shape index (κ2) is 7.83. The summed E-state index contributed by atoms with van der Waals surface area (Å²) in [6, 6.07) is 10.6. The Labute approximate surface area is 150 Å². The Hall–Kier alpha value is -2.14. The van der Waals surface area contributed by atoms with Gasteiger partial charge in [-0.2, -0.15) is 5.10 Å². The van der Waals surface area contributed by atoms with E-state index in [0.717, 1.165) is 38.2 Å². The van der Waals surface area contributed by atoms with Crippen molar-refractivity contribution >= 4 is 5.91 Å². The second-order valence-electron chi connectivity index (χ2n) is 6.96. The first kappa shape index (κ1) is 17.7. The number of aromatic nitrogens is 2. The Morgan fingerprint density at radius 1 is 1.28 bits per heavy atom. The molecule has 5 nitrogen and oxygen atoms in total. The zero-order valence-electron chi connectivity index (χ0n) is 15.5. The molecule has 25 heavy (non-hydrogen) atoms. The first-order valence-corrected chi connectivity index (χ1v) is 9.08. The minimum absolute atomic E-state index is 0.266. The van der Waals surface area contributed by atoms with Gasteiger partial charge < -0.3 is 10.2 Å². The molecule has 1 fully saturated rings. The third kappa shape index (κ3) is 4.28. The fourth-order valence-corrected chi connectivity index (χ4v) is 3.53. The smallest absolute Gasteiger partial charge is 0.222 e. The SMILES string of the molecule is Cc1nn(C)c(C)c1CN[C@@H]1CCN(C(=O)CCc2ccccc2)C1. The van der Waals surface area contributed by atoms with E-state index in [4.69, 9.17) is 0 Å². The average Bonchev–Trinajstić information content (AvgIpc) is 3.18. The zero-order chi connectivity index (χ0) is 17.8. The van der Waals surface area contributed by atoms with Gasteiger partial charge in [-0.1, -0.05) is 30.3 Å². The number of carbonyl (C=O) groups excluding carboxylic acids is 1. The fourth-order valence-electron chi connectivity index (χ4n) is 3.53. The first-order valence-electron chi connectivity index (χ1n) is 9.08. The Bertz CT molecular complexity index is 723. The molecule has 0 aliphatic carbocycles. The molecule has 1 N–H and O–H groups in total. The number of carbonyl (C=O) groups is 1. The van der Waals surface area contributed by atoms with Crippen molar-refractivity contribution in [2.45, 2.75) is 45.7 Å². The highest BCUT2D eigenvalue weighted by atomic mass is 16.2. The van der Waals surface area contributed by atoms with E-state index < -0.39 is 0 Å². The molecule has 1 saturated heterocycles. The first-order chi connectivity index (χ1) is 12.0. The van der Waals surface area contributed by atoms with Crippen LogP contribution in [-0.2, 0) is 24.8 Å². The van der Waals surface area contributed by atoms with Crippen LogP contribution in [0.25, 0.3) is 0 Å². The van der Waals surface area contributed by atoms with Crippen molar-refractivity contribution in [3.8, 4) is 0 Å². The van der Waals surface area contributed by atoms with Gasteiger partial charge in [0.15, 0.2) is 0 Å². The highest BCUT2D eigenvalue weighted by Crippen LogP contribution is 2.15. The van der Waals surface area contributed by atoms with Crippen LogP contribution >= 0.6 is 0 Å². The van der Waals surface area contributed by atoms with E-state index >= 15 is 0 Å². The van der Waals surface area contributed by atoms with Gasteiger partial charge in [-0.3, -0.25) is 9.48 Å². The number of amides is 1. The van der Waals surface area contributed by atoms with Gasteiger partial charge >= 0.3 is 0 Å². The van der Waals surface area contributed by atoms with Crippen molar-refractivity contribution < 1.29 is 4.79 Å². The molecule has 1 atom stereocenters. The van der Waals surface area contributed by atoms with E-state index in [2.05, 4.69) is 36.4 Å². The molecule has 134 valence electrons. The summed E-state index contributed by atoms with van der Waals surface area (Å²) in [4.78, 5) is 14.4. The van der Waals surface area contributed by atoms with Crippen LogP contribution in [-0.4, -0.2) is 39.7 Å². The van der Waals surface area contributed by atoms with Crippen molar-refractivity contribution in [3.63, 3.8) is 0 Å². The summed E-state index contributed by atoms with van der Waals surface area (Å²) in [7, 11) is 1.98. The summed E-state index contributed by atoms with van der Waals surface area (Å²) in [5.41, 5.74) is 4.80. The Balaban J connectivity index is 1.46. The molecule has 0 radical (unpaired) electrons. The third-order valence-electron chi connectivity index (χ3n) is 5.24. The van der Waals surface area contributed by atoms with Gasteiger partial charge in [0, 0.05) is 50.4 Å². The third-order valence-corrected chi connectivity index (χ3v) is 5.24. The molecule has 1 aliphatic heterocycles. The van der Waals surface area contributed by atoms with E-state index in [0.29, 0.717) is 12.5 Å². The maximum Gasteiger partial charge on any atom is 0.222 e. The van der Waals surface area contributed by atoms with Crippen LogP contribution in [0, 0.1) is 13.8 Å². The molecule has 1 aromatic carbocycles. The van der Waals surface area contributed by atoms with Gasteiger partial charge in [-0.15, -0.1) is 0 Å². The maximum absolute atomic E-state index is 12.4. The van der Waals surface area contributed by atoms with Crippen molar-refractivity contribution in [2.24, 2.45) is 7.05 Å². The summed E-state index contributed by atoms with van der Waals surface area (Å²) in [5, 5.41) is 8.07. The minimum atomic E-state index is 0.266. The van der Waals surface area contributed by atoms with Crippen LogP contribution in [0.2, 0.25) is 0 Å². The summed E-state index contributed by atoms with van der Waals surface area (Å²) in [6.07, 6.45) is 2.44. The average molecular weight is 340 g/mol. The largest absolute Gasteiger partial charge is 0.341 e. The summed E-state index contributed by atoms with van der Waals surface area (Å²) in [5.74, 6) is 0.266. The van der Waals surface area contributed by atoms with Gasteiger partial charge in [0.05, 0.1) is 5.69 Å². The lowest BCUT2D eigenvalue weighted by atomic mass is 10.1. The van der Waals surface area contributed by atoms with Gasteiger partial charge in [0.2, 0.25) is 5.91 Å². The van der Waals surface area contributed by atoms with E-state index in [1.54, 1.807) is 0 Å². The Morgan fingerprint density at radius 3 is 2.72 bits per heavy atom. The van der Waals surface area contributed by atoms with Crippen LogP contribution < -0.4 is 5.32 Å². The Kier molecular flexibility index (Phi) is 5.53. The number of nitrogens with one attached hydrogen (secondary N) is 1. The van der Waals surface area contributed by atoms with Crippen LogP contribution in [0.1, 0.15) is 35.4 Å². The Morgan fingerprint density at radius 2 is 2.04 bits per heavy atom. The minimum Gasteiger partial charge on any atom is -0.341 e. The topological polar surface area (TPSA) is 50.2 Å². The molecule has 1 aliphatic rings. The van der Waals surface area contributed by atoms with Gasteiger partial charge in [-0.05, 0) is 32.3 Å². The van der Waals surface area contributed by atoms with Crippen molar-refractivity contribution in [3.05, 3.63) is 52.8 Å². The quantitative estimate of drug-likeness (QED) is 0.878. The second-order valence-corrected chi connectivity index (χ2v) is 6.96. The lowest BCUT2D eigenvalue weighted by Crippen LogP contribution is -2.35. The van der Waals surface area contributed by atoms with Crippen LogP contribution in [0.15, 0.2) is 30.3 Å². The molecular formula is C20H28N4O. The normalized spacial score (nSPS) is 17.2. The van der Waals surface area contributed by atoms with Gasteiger partial charge in [-0.25, -0.2) is 0 Å². The summed E-state index contributed by atoms with van der Waals surface area (Å²) < 4.78 is 1.93. The van der Waals surface area contributed by atoms with E-state index in [-0.39, 0.29) is 5.91 Å². The number of hydrogen-bond donors (Lipinski definition) is 1. The number of benzene rings is 1. The number of nitrogens with zero attached hydrogens (tertiary/aromatic N) is 3. The predicted molar refractivity (Wildman–Crippen MR) is 99.3 cm³/mol. The number of hydrogen-bond acceptors (Lipinski definition) is 3. The standard InChI is InChI=1S/C20H28N4O/c1-15-19(16(2)23(3)22-15)13-21-18-11-12-24(14-18)20(25)10-9-17-7-5-4-6-8-17/h4-8,18,21H,9-14H2,1-3H3/t18-/m1/s1. The molecule has 1 aromatic heterocycles. The molecule has 0 saturated carbocycles. The summed E-state index contributed by atoms with van der Waals surface area (Å²) >= 11 is 0. The molecular weight excluding hydrogens is 312 g/mol. The number of aryl methyl sites for hydroxylation is 3. The van der Waals surface area contributed by atoms with Crippen LogP contribution in [0.5, 0.6) is 0 Å². The molecule has 0 bridgehead atoms. The van der Waals surface area contributed by atoms with Crippen molar-refractivity contribution in [1.29, 1.82) is 0 Å². The molecule has 2 aromatic rings. The van der Waals surface area contributed by atoms with E-state index in [9.17, 15) is 4.79 Å². The van der Waals surface area contributed by atoms with Crippen LogP contribution in [0.3, 0.4) is 0 Å².